The fourth-order valence-electron chi connectivity index (χ4n) is 1.94. The smallest absolute Gasteiger partial charge is 0.496 e. The third-order valence-electron chi connectivity index (χ3n) is 3.37. The molecule has 5 heteroatoms. The van der Waals surface area contributed by atoms with Crippen LogP contribution in [0, 0.1) is 13.8 Å². The maximum Gasteiger partial charge on any atom is 0.504 e. The first-order valence-corrected chi connectivity index (χ1v) is 7.75. The van der Waals surface area contributed by atoms with Gasteiger partial charge < -0.3 is 18.0 Å². The molecular weight excluding hydrogens is 248 g/mol. The molecule has 0 atom stereocenters. The fourth-order valence-corrected chi connectivity index (χ4v) is 3.75. The molecule has 0 amide bonds. The van der Waals surface area contributed by atoms with Gasteiger partial charge in [0.1, 0.15) is 5.75 Å². The van der Waals surface area contributed by atoms with Crippen molar-refractivity contribution < 1.29 is 18.0 Å². The third-order valence-corrected chi connectivity index (χ3v) is 6.03. The summed E-state index contributed by atoms with van der Waals surface area (Å²) < 4.78 is 21.8. The summed E-state index contributed by atoms with van der Waals surface area (Å²) in [5.74, 6) is 0.848. The van der Waals surface area contributed by atoms with Crippen LogP contribution in [0.4, 0.5) is 0 Å². The molecule has 102 valence electrons. The van der Waals surface area contributed by atoms with Crippen LogP contribution in [0.1, 0.15) is 16.7 Å². The lowest BCUT2D eigenvalue weighted by Gasteiger charge is -2.26. The van der Waals surface area contributed by atoms with Gasteiger partial charge in [-0.2, -0.15) is 0 Å². The Morgan fingerprint density at radius 1 is 0.944 bits per heavy atom. The van der Waals surface area contributed by atoms with Crippen LogP contribution in [0.3, 0.4) is 0 Å². The molecular formula is C13H22O4Si. The van der Waals surface area contributed by atoms with Gasteiger partial charge in [-0.15, -0.1) is 0 Å². The molecule has 1 aromatic rings. The summed E-state index contributed by atoms with van der Waals surface area (Å²) in [6, 6.07) is 4.62. The highest BCUT2D eigenvalue weighted by atomic mass is 28.4. The van der Waals surface area contributed by atoms with E-state index in [0.717, 1.165) is 11.3 Å². The Hall–Kier alpha value is -0.883. The normalized spacial score (nSPS) is 11.7. The van der Waals surface area contributed by atoms with Crippen LogP contribution in [-0.4, -0.2) is 37.2 Å². The van der Waals surface area contributed by atoms with E-state index in [0.29, 0.717) is 6.04 Å². The summed E-state index contributed by atoms with van der Waals surface area (Å²) in [4.78, 5) is 0. The summed E-state index contributed by atoms with van der Waals surface area (Å²) >= 11 is 0. The predicted molar refractivity (Wildman–Crippen MR) is 73.0 cm³/mol. The molecule has 0 bridgehead atoms. The van der Waals surface area contributed by atoms with E-state index in [-0.39, 0.29) is 0 Å². The van der Waals surface area contributed by atoms with Crippen molar-refractivity contribution in [3.8, 4) is 5.75 Å². The van der Waals surface area contributed by atoms with Gasteiger partial charge in [-0.3, -0.25) is 0 Å². The minimum atomic E-state index is -2.64. The zero-order valence-electron chi connectivity index (χ0n) is 12.0. The van der Waals surface area contributed by atoms with E-state index in [9.17, 15) is 0 Å². The molecule has 0 aromatic heterocycles. The molecule has 0 unspecified atom stereocenters. The van der Waals surface area contributed by atoms with Gasteiger partial charge in [-0.05, 0) is 31.0 Å². The average molecular weight is 270 g/mol. The standard InChI is InChI=1S/C13H22O4Si/c1-10-7-8-13(14-3)12(11(10)2)9-18(15-4,16-5)17-6/h7-8H,9H2,1-6H3. The lowest BCUT2D eigenvalue weighted by Crippen LogP contribution is -2.46. The molecule has 0 radical (unpaired) electrons. The molecule has 0 heterocycles. The van der Waals surface area contributed by atoms with Gasteiger partial charge in [0.15, 0.2) is 0 Å². The van der Waals surface area contributed by atoms with E-state index >= 15 is 0 Å². The van der Waals surface area contributed by atoms with Crippen LogP contribution in [0.5, 0.6) is 5.75 Å². The molecule has 18 heavy (non-hydrogen) atoms. The van der Waals surface area contributed by atoms with E-state index in [2.05, 4.69) is 13.8 Å². The van der Waals surface area contributed by atoms with Gasteiger partial charge in [0.2, 0.25) is 0 Å². The molecule has 0 spiro atoms. The quantitative estimate of drug-likeness (QED) is 0.743. The highest BCUT2D eigenvalue weighted by Gasteiger charge is 2.39. The fraction of sp³-hybridized carbons (Fsp3) is 0.538. The van der Waals surface area contributed by atoms with Crippen molar-refractivity contribution in [3.05, 3.63) is 28.8 Å². The zero-order chi connectivity index (χ0) is 13.8. The second-order valence-electron chi connectivity index (χ2n) is 4.16. The molecule has 0 aliphatic carbocycles. The monoisotopic (exact) mass is 270 g/mol. The molecule has 0 fully saturated rings. The van der Waals surface area contributed by atoms with Gasteiger partial charge in [0.05, 0.1) is 7.11 Å². The average Bonchev–Trinajstić information content (AvgIpc) is 2.41. The first-order chi connectivity index (χ1) is 8.53. The number of rotatable bonds is 6. The van der Waals surface area contributed by atoms with Crippen molar-refractivity contribution in [1.82, 2.24) is 0 Å². The highest BCUT2D eigenvalue weighted by Crippen LogP contribution is 2.28. The van der Waals surface area contributed by atoms with Gasteiger partial charge in [0, 0.05) is 32.9 Å². The summed E-state index contributed by atoms with van der Waals surface area (Å²) in [5.41, 5.74) is 3.50. The van der Waals surface area contributed by atoms with Crippen molar-refractivity contribution in [3.63, 3.8) is 0 Å². The number of benzene rings is 1. The van der Waals surface area contributed by atoms with Gasteiger partial charge in [-0.1, -0.05) is 6.07 Å². The molecule has 4 nitrogen and oxygen atoms in total. The van der Waals surface area contributed by atoms with Crippen LogP contribution in [-0.2, 0) is 19.3 Å². The van der Waals surface area contributed by atoms with E-state index in [4.69, 9.17) is 18.0 Å². The Labute approximate surface area is 110 Å². The molecule has 1 rings (SSSR count). The summed E-state index contributed by atoms with van der Waals surface area (Å²) in [5, 5.41) is 0. The Kier molecular flexibility index (Phi) is 5.34. The number of ether oxygens (including phenoxy) is 1. The number of hydrogen-bond donors (Lipinski definition) is 0. The Bertz CT molecular complexity index is 394. The summed E-state index contributed by atoms with van der Waals surface area (Å²) in [6.45, 7) is 4.15. The van der Waals surface area contributed by atoms with Crippen molar-refractivity contribution in [2.45, 2.75) is 19.9 Å². The van der Waals surface area contributed by atoms with E-state index < -0.39 is 8.80 Å². The second-order valence-corrected chi connectivity index (χ2v) is 7.10. The Morgan fingerprint density at radius 2 is 1.50 bits per heavy atom. The Morgan fingerprint density at radius 3 is 1.94 bits per heavy atom. The number of hydrogen-bond acceptors (Lipinski definition) is 4. The second kappa shape index (κ2) is 6.33. The summed E-state index contributed by atoms with van der Waals surface area (Å²) in [7, 11) is 3.90. The van der Waals surface area contributed by atoms with Gasteiger partial charge in [-0.25, -0.2) is 0 Å². The minimum Gasteiger partial charge on any atom is -0.496 e. The van der Waals surface area contributed by atoms with Crippen LogP contribution in [0.2, 0.25) is 0 Å². The van der Waals surface area contributed by atoms with Crippen molar-refractivity contribution in [2.75, 3.05) is 28.4 Å². The van der Waals surface area contributed by atoms with Crippen LogP contribution >= 0.6 is 0 Å². The first kappa shape index (κ1) is 15.2. The van der Waals surface area contributed by atoms with Crippen LogP contribution in [0.25, 0.3) is 0 Å². The summed E-state index contributed by atoms with van der Waals surface area (Å²) in [6.07, 6.45) is 0. The SMILES string of the molecule is COc1ccc(C)c(C)c1C[Si](OC)(OC)OC. The molecule has 0 N–H and O–H groups in total. The van der Waals surface area contributed by atoms with Gasteiger partial charge >= 0.3 is 8.80 Å². The zero-order valence-corrected chi connectivity index (χ0v) is 13.0. The molecule has 1 aromatic carbocycles. The van der Waals surface area contributed by atoms with Crippen molar-refractivity contribution >= 4 is 8.80 Å². The van der Waals surface area contributed by atoms with E-state index in [1.54, 1.807) is 28.4 Å². The molecule has 0 saturated carbocycles. The highest BCUT2D eigenvalue weighted by molar-refractivity contribution is 6.60. The van der Waals surface area contributed by atoms with Crippen LogP contribution in [0.15, 0.2) is 12.1 Å². The molecule has 0 aliphatic rings. The third kappa shape index (κ3) is 2.92. The van der Waals surface area contributed by atoms with Crippen molar-refractivity contribution in [1.29, 1.82) is 0 Å². The van der Waals surface area contributed by atoms with E-state index in [1.807, 2.05) is 12.1 Å². The van der Waals surface area contributed by atoms with E-state index in [1.165, 1.54) is 11.1 Å². The molecule has 0 saturated heterocycles. The molecule has 0 aliphatic heterocycles. The lowest BCUT2D eigenvalue weighted by atomic mass is 10.0. The first-order valence-electron chi connectivity index (χ1n) is 5.82. The number of aryl methyl sites for hydroxylation is 1. The minimum absolute atomic E-state index is 0.604. The predicted octanol–water partition coefficient (Wildman–Crippen LogP) is 2.27. The largest absolute Gasteiger partial charge is 0.504 e. The topological polar surface area (TPSA) is 36.9 Å². The number of methoxy groups -OCH3 is 1. The maximum absolute atomic E-state index is 5.47. The Balaban J connectivity index is 3.20. The van der Waals surface area contributed by atoms with Crippen molar-refractivity contribution in [2.24, 2.45) is 0 Å². The lowest BCUT2D eigenvalue weighted by molar-refractivity contribution is 0.122. The van der Waals surface area contributed by atoms with Gasteiger partial charge in [0.25, 0.3) is 0 Å². The van der Waals surface area contributed by atoms with Crippen LogP contribution < -0.4 is 4.74 Å². The maximum atomic E-state index is 5.47.